The summed E-state index contributed by atoms with van der Waals surface area (Å²) in [7, 11) is -0.935. The molecule has 2 heterocycles. The number of ether oxygens (including phenoxy) is 3. The Hall–Kier alpha value is -1.66. The van der Waals surface area contributed by atoms with E-state index >= 15 is 0 Å². The number of nitrogens with two attached hydrogens (primary N) is 1. The summed E-state index contributed by atoms with van der Waals surface area (Å²) in [5.74, 6) is -0.935. The van der Waals surface area contributed by atoms with Gasteiger partial charge >= 0.3 is 0 Å². The highest BCUT2D eigenvalue weighted by molar-refractivity contribution is 7.89. The van der Waals surface area contributed by atoms with Crippen LogP contribution in [0.1, 0.15) is 6.42 Å². The van der Waals surface area contributed by atoms with Gasteiger partial charge in [-0.2, -0.15) is 4.31 Å². The van der Waals surface area contributed by atoms with E-state index in [9.17, 15) is 13.2 Å². The van der Waals surface area contributed by atoms with Crippen LogP contribution >= 0.6 is 11.6 Å². The molecule has 1 fully saturated rings. The van der Waals surface area contributed by atoms with Crippen molar-refractivity contribution in [2.24, 2.45) is 11.7 Å². The second kappa shape index (κ2) is 10.3. The molecule has 0 radical (unpaired) electrons. The third kappa shape index (κ3) is 5.06. The number of sulfonamides is 1. The number of aromatic nitrogens is 1. The van der Waals surface area contributed by atoms with Crippen molar-refractivity contribution >= 4 is 38.2 Å². The van der Waals surface area contributed by atoms with Gasteiger partial charge in [0, 0.05) is 43.9 Å². The minimum absolute atomic E-state index is 0.0393. The number of hydrogen-bond donors (Lipinski definition) is 1. The average molecular weight is 472 g/mol. The maximum Gasteiger partial charge on any atom is 0.245 e. The summed E-state index contributed by atoms with van der Waals surface area (Å²) >= 11 is 6.24. The Morgan fingerprint density at radius 3 is 2.68 bits per heavy atom. The van der Waals surface area contributed by atoms with Gasteiger partial charge < -0.3 is 19.9 Å². The monoisotopic (exact) mass is 471 g/mol. The minimum atomic E-state index is -3.99. The molecule has 0 amide bonds. The number of fused-ring (bicyclic) bond motifs is 1. The molecule has 170 valence electrons. The van der Waals surface area contributed by atoms with E-state index in [-0.39, 0.29) is 42.1 Å². The third-order valence-corrected chi connectivity index (χ3v) is 7.50. The Labute approximate surface area is 186 Å². The first-order chi connectivity index (χ1) is 14.8. The molecule has 3 rings (SSSR count). The van der Waals surface area contributed by atoms with E-state index < -0.39 is 28.2 Å². The Morgan fingerprint density at radius 2 is 2.00 bits per heavy atom. The summed E-state index contributed by atoms with van der Waals surface area (Å²) in [6, 6.07) is 4.84. The molecule has 9 nitrogen and oxygen atoms in total. The van der Waals surface area contributed by atoms with Crippen molar-refractivity contribution in [1.82, 2.24) is 9.29 Å². The van der Waals surface area contributed by atoms with Crippen LogP contribution in [0.15, 0.2) is 35.5 Å². The fraction of sp³-hybridized carbons (Fsp3) is 0.500. The molecule has 1 saturated heterocycles. The first kappa shape index (κ1) is 24.0. The highest BCUT2D eigenvalue weighted by atomic mass is 35.5. The van der Waals surface area contributed by atoms with Crippen molar-refractivity contribution < 1.29 is 27.4 Å². The van der Waals surface area contributed by atoms with E-state index in [1.807, 2.05) is 0 Å². The van der Waals surface area contributed by atoms with Crippen LogP contribution < -0.4 is 5.73 Å². The number of pyridine rings is 1. The summed E-state index contributed by atoms with van der Waals surface area (Å²) in [4.78, 5) is 16.7. The molecule has 0 saturated carbocycles. The Bertz CT molecular complexity index is 1020. The van der Waals surface area contributed by atoms with Crippen LogP contribution in [-0.4, -0.2) is 76.3 Å². The molecule has 2 aromatic rings. The zero-order valence-electron chi connectivity index (χ0n) is 17.4. The molecule has 1 aromatic carbocycles. The van der Waals surface area contributed by atoms with E-state index in [0.29, 0.717) is 17.2 Å². The molecule has 1 aromatic heterocycles. The lowest BCUT2D eigenvalue weighted by molar-refractivity contribution is -0.132. The van der Waals surface area contributed by atoms with Gasteiger partial charge in [-0.1, -0.05) is 23.7 Å². The van der Waals surface area contributed by atoms with Crippen LogP contribution in [0.4, 0.5) is 0 Å². The number of nitrogens with zero attached hydrogens (tertiary/aromatic N) is 2. The van der Waals surface area contributed by atoms with Crippen molar-refractivity contribution in [3.63, 3.8) is 0 Å². The number of halogens is 1. The van der Waals surface area contributed by atoms with Crippen molar-refractivity contribution in [1.29, 1.82) is 0 Å². The van der Waals surface area contributed by atoms with E-state index in [4.69, 9.17) is 31.5 Å². The Balaban J connectivity index is 1.78. The first-order valence-corrected chi connectivity index (χ1v) is 11.5. The van der Waals surface area contributed by atoms with Gasteiger partial charge in [0.25, 0.3) is 0 Å². The molecular weight excluding hydrogens is 446 g/mol. The zero-order chi connectivity index (χ0) is 22.6. The molecule has 31 heavy (non-hydrogen) atoms. The predicted octanol–water partition coefficient (Wildman–Crippen LogP) is 1.43. The summed E-state index contributed by atoms with van der Waals surface area (Å²) in [6.07, 6.45) is 1.85. The third-order valence-electron chi connectivity index (χ3n) is 5.27. The average Bonchev–Trinajstić information content (AvgIpc) is 3.14. The van der Waals surface area contributed by atoms with E-state index in [1.54, 1.807) is 18.3 Å². The fourth-order valence-corrected chi connectivity index (χ4v) is 5.87. The molecule has 0 aliphatic carbocycles. The van der Waals surface area contributed by atoms with Gasteiger partial charge in [0.15, 0.2) is 5.78 Å². The van der Waals surface area contributed by atoms with Gasteiger partial charge in [0.2, 0.25) is 10.0 Å². The Kier molecular flexibility index (Phi) is 7.98. The highest BCUT2D eigenvalue weighted by Gasteiger charge is 2.43. The number of methoxy groups -OCH3 is 2. The SMILES string of the molecule is COCC(COC)OCC(=O)C1CCN(S(=O)(=O)c2cccc3cncc(Cl)c23)[C@@H]1N. The van der Waals surface area contributed by atoms with Crippen LogP contribution in [0, 0.1) is 5.92 Å². The van der Waals surface area contributed by atoms with Gasteiger partial charge in [0.05, 0.1) is 35.2 Å². The molecule has 1 aliphatic heterocycles. The lowest BCUT2D eigenvalue weighted by Gasteiger charge is -2.24. The number of rotatable bonds is 10. The molecule has 1 unspecified atom stereocenters. The molecule has 11 heteroatoms. The first-order valence-electron chi connectivity index (χ1n) is 9.73. The molecule has 0 spiro atoms. The zero-order valence-corrected chi connectivity index (χ0v) is 18.9. The van der Waals surface area contributed by atoms with Crippen LogP contribution in [0.2, 0.25) is 5.02 Å². The van der Waals surface area contributed by atoms with Crippen molar-refractivity contribution in [2.75, 3.05) is 40.6 Å². The topological polar surface area (TPSA) is 121 Å². The fourth-order valence-electron chi connectivity index (χ4n) is 3.74. The molecule has 2 N–H and O–H groups in total. The van der Waals surface area contributed by atoms with Gasteiger partial charge in [-0.05, 0) is 12.5 Å². The van der Waals surface area contributed by atoms with Gasteiger partial charge in [-0.15, -0.1) is 0 Å². The molecule has 2 atom stereocenters. The molecule has 1 aliphatic rings. The summed E-state index contributed by atoms with van der Waals surface area (Å²) in [5, 5.41) is 1.21. The second-order valence-corrected chi connectivity index (χ2v) is 9.55. The minimum Gasteiger partial charge on any atom is -0.382 e. The van der Waals surface area contributed by atoms with Gasteiger partial charge in [0.1, 0.15) is 12.7 Å². The van der Waals surface area contributed by atoms with Crippen molar-refractivity contribution in [2.45, 2.75) is 23.6 Å². The standard InChI is InChI=1S/C20H26ClN3O6S/c1-28-10-14(11-29-2)30-12-17(25)15-6-7-24(20(15)22)31(26,27)18-5-3-4-13-8-23-9-16(21)19(13)18/h3-5,8-9,14-15,20H,6-7,10-12,22H2,1-2H3/t15?,20-/m0/s1. The summed E-state index contributed by atoms with van der Waals surface area (Å²) < 4.78 is 43.6. The number of carbonyl (C=O) groups excluding carboxylic acids is 1. The molecular formula is C20H26ClN3O6S. The van der Waals surface area contributed by atoms with E-state index in [2.05, 4.69) is 4.98 Å². The van der Waals surface area contributed by atoms with Crippen molar-refractivity contribution in [3.05, 3.63) is 35.6 Å². The number of Topliss-reactive ketones (excluding diaryl/α,β-unsaturated/α-hetero) is 1. The number of ketones is 1. The lowest BCUT2D eigenvalue weighted by Crippen LogP contribution is -2.46. The largest absolute Gasteiger partial charge is 0.382 e. The van der Waals surface area contributed by atoms with Crippen LogP contribution in [0.3, 0.4) is 0 Å². The summed E-state index contributed by atoms with van der Waals surface area (Å²) in [5.41, 5.74) is 6.23. The predicted molar refractivity (Wildman–Crippen MR) is 115 cm³/mol. The number of carbonyl (C=O) groups is 1. The number of benzene rings is 1. The second-order valence-electron chi connectivity index (χ2n) is 7.29. The smallest absolute Gasteiger partial charge is 0.245 e. The molecule has 0 bridgehead atoms. The highest BCUT2D eigenvalue weighted by Crippen LogP contribution is 2.34. The van der Waals surface area contributed by atoms with Gasteiger partial charge in [-0.3, -0.25) is 9.78 Å². The van der Waals surface area contributed by atoms with Crippen molar-refractivity contribution in [3.8, 4) is 0 Å². The van der Waals surface area contributed by atoms with E-state index in [0.717, 1.165) is 4.31 Å². The van der Waals surface area contributed by atoms with Gasteiger partial charge in [-0.25, -0.2) is 8.42 Å². The van der Waals surface area contributed by atoms with Crippen LogP contribution in [-0.2, 0) is 29.0 Å². The van der Waals surface area contributed by atoms with Crippen LogP contribution in [0.25, 0.3) is 10.8 Å². The summed E-state index contributed by atoms with van der Waals surface area (Å²) in [6.45, 7) is 0.470. The lowest BCUT2D eigenvalue weighted by atomic mass is 10.0. The maximum atomic E-state index is 13.4. The normalized spacial score (nSPS) is 20.0. The quantitative estimate of drug-likeness (QED) is 0.552. The maximum absolute atomic E-state index is 13.4. The van der Waals surface area contributed by atoms with Crippen LogP contribution in [0.5, 0.6) is 0 Å². The number of hydrogen-bond acceptors (Lipinski definition) is 8. The Morgan fingerprint density at radius 1 is 1.29 bits per heavy atom. The van der Waals surface area contributed by atoms with E-state index in [1.165, 1.54) is 26.5 Å².